The van der Waals surface area contributed by atoms with Gasteiger partial charge in [0.25, 0.3) is 0 Å². The first kappa shape index (κ1) is 31.3. The first-order valence-electron chi connectivity index (χ1n) is 14.1. The molecule has 0 rings (SSSR count). The molecular formula is C28H58O2S. The smallest absolute Gasteiger partial charge is 0.102 e. The van der Waals surface area contributed by atoms with Crippen molar-refractivity contribution in [1.82, 2.24) is 0 Å². The molecule has 2 unspecified atom stereocenters. The van der Waals surface area contributed by atoms with Gasteiger partial charge in [-0.1, -0.05) is 141 Å². The summed E-state index contributed by atoms with van der Waals surface area (Å²) in [6.45, 7) is 10.7. The van der Waals surface area contributed by atoms with Gasteiger partial charge in [0.2, 0.25) is 0 Å². The fourth-order valence-electron chi connectivity index (χ4n) is 4.03. The summed E-state index contributed by atoms with van der Waals surface area (Å²) >= 11 is 1.82. The second-order valence-electron chi connectivity index (χ2n) is 9.38. The lowest BCUT2D eigenvalue weighted by Crippen LogP contribution is -2.13. The summed E-state index contributed by atoms with van der Waals surface area (Å²) in [5.74, 6) is 0. The Hall–Kier alpha value is 0.270. The van der Waals surface area contributed by atoms with Crippen LogP contribution in [0.5, 0.6) is 0 Å². The summed E-state index contributed by atoms with van der Waals surface area (Å²) in [4.78, 5) is 0. The van der Waals surface area contributed by atoms with Gasteiger partial charge in [0.1, 0.15) is 10.9 Å². The molecule has 0 radical (unpaired) electrons. The van der Waals surface area contributed by atoms with E-state index >= 15 is 0 Å². The number of ether oxygens (including phenoxy) is 2. The molecule has 31 heavy (non-hydrogen) atoms. The van der Waals surface area contributed by atoms with Gasteiger partial charge in [-0.2, -0.15) is 0 Å². The molecule has 2 nitrogen and oxygen atoms in total. The van der Waals surface area contributed by atoms with Gasteiger partial charge < -0.3 is 9.47 Å². The molecule has 0 amide bonds. The maximum absolute atomic E-state index is 5.97. The molecule has 0 N–H and O–H groups in total. The highest BCUT2D eigenvalue weighted by Crippen LogP contribution is 2.20. The molecule has 0 saturated carbocycles. The average Bonchev–Trinajstić information content (AvgIpc) is 2.75. The highest BCUT2D eigenvalue weighted by atomic mass is 32.2. The molecule has 3 heteroatoms. The van der Waals surface area contributed by atoms with Gasteiger partial charge in [-0.15, -0.1) is 0 Å². The third-order valence-electron chi connectivity index (χ3n) is 6.08. The van der Waals surface area contributed by atoms with Crippen LogP contribution in [0.1, 0.15) is 156 Å². The quantitative estimate of drug-likeness (QED) is 0.0948. The maximum atomic E-state index is 5.97. The van der Waals surface area contributed by atoms with E-state index in [1.54, 1.807) is 0 Å². The Balaban J connectivity index is 3.29. The van der Waals surface area contributed by atoms with Gasteiger partial charge in [0, 0.05) is 13.2 Å². The molecule has 0 aliphatic carbocycles. The van der Waals surface area contributed by atoms with Crippen LogP contribution >= 0.6 is 11.8 Å². The number of hydrogen-bond acceptors (Lipinski definition) is 3. The maximum Gasteiger partial charge on any atom is 0.102 e. The van der Waals surface area contributed by atoms with Crippen molar-refractivity contribution in [3.63, 3.8) is 0 Å². The van der Waals surface area contributed by atoms with E-state index in [0.717, 1.165) is 13.2 Å². The van der Waals surface area contributed by atoms with Crippen LogP contribution in [0, 0.1) is 0 Å². The van der Waals surface area contributed by atoms with E-state index in [-0.39, 0.29) is 10.9 Å². The van der Waals surface area contributed by atoms with Crippen LogP contribution in [0.25, 0.3) is 0 Å². The second-order valence-corrected chi connectivity index (χ2v) is 11.0. The number of thioether (sulfide) groups is 1. The molecule has 0 aromatic carbocycles. The summed E-state index contributed by atoms with van der Waals surface area (Å²) < 4.78 is 11.9. The Morgan fingerprint density at radius 3 is 0.968 bits per heavy atom. The predicted molar refractivity (Wildman–Crippen MR) is 142 cm³/mol. The van der Waals surface area contributed by atoms with E-state index in [1.807, 2.05) is 11.8 Å². The van der Waals surface area contributed by atoms with Gasteiger partial charge in [-0.25, -0.2) is 0 Å². The molecule has 2 atom stereocenters. The summed E-state index contributed by atoms with van der Waals surface area (Å²) in [5, 5.41) is 0. The molecule has 0 saturated heterocycles. The zero-order chi connectivity index (χ0) is 22.8. The fourth-order valence-corrected chi connectivity index (χ4v) is 4.92. The average molecular weight is 459 g/mol. The van der Waals surface area contributed by atoms with Crippen LogP contribution in [-0.2, 0) is 9.47 Å². The highest BCUT2D eigenvalue weighted by molar-refractivity contribution is 8.00. The SMILES string of the molecule is CCCCCCCCCCCCOC(C)SC(C)OCCCCCCCCCCCC. The first-order chi connectivity index (χ1) is 15.2. The highest BCUT2D eigenvalue weighted by Gasteiger charge is 2.09. The Morgan fingerprint density at radius 1 is 0.419 bits per heavy atom. The molecule has 0 aliphatic heterocycles. The monoisotopic (exact) mass is 458 g/mol. The van der Waals surface area contributed by atoms with Crippen LogP contribution in [0.15, 0.2) is 0 Å². The third kappa shape index (κ3) is 26.4. The Kier molecular flexibility index (Phi) is 26.8. The second kappa shape index (κ2) is 26.5. The lowest BCUT2D eigenvalue weighted by atomic mass is 10.1. The van der Waals surface area contributed by atoms with Crippen molar-refractivity contribution in [1.29, 1.82) is 0 Å². The summed E-state index contributed by atoms with van der Waals surface area (Å²) in [5.41, 5.74) is 0.475. The van der Waals surface area contributed by atoms with Crippen molar-refractivity contribution in [3.8, 4) is 0 Å². The summed E-state index contributed by atoms with van der Waals surface area (Å²) in [7, 11) is 0. The number of rotatable bonds is 26. The van der Waals surface area contributed by atoms with E-state index in [1.165, 1.54) is 128 Å². The molecule has 0 heterocycles. The Labute approximate surface area is 201 Å². The lowest BCUT2D eigenvalue weighted by molar-refractivity contribution is 0.101. The summed E-state index contributed by atoms with van der Waals surface area (Å²) in [6, 6.07) is 0. The van der Waals surface area contributed by atoms with Gasteiger partial charge in [-0.3, -0.25) is 0 Å². The summed E-state index contributed by atoms with van der Waals surface area (Å²) in [6.07, 6.45) is 27.6. The van der Waals surface area contributed by atoms with Gasteiger partial charge >= 0.3 is 0 Å². The molecule has 0 aliphatic rings. The van der Waals surface area contributed by atoms with Gasteiger partial charge in [0.05, 0.1) is 0 Å². The van der Waals surface area contributed by atoms with Crippen LogP contribution in [0.3, 0.4) is 0 Å². The first-order valence-corrected chi connectivity index (χ1v) is 15.0. The minimum atomic E-state index is 0.237. The third-order valence-corrected chi connectivity index (χ3v) is 7.12. The normalized spacial score (nSPS) is 13.5. The van der Waals surface area contributed by atoms with E-state index in [0.29, 0.717) is 0 Å². The van der Waals surface area contributed by atoms with E-state index in [2.05, 4.69) is 27.7 Å². The molecular weight excluding hydrogens is 400 g/mol. The van der Waals surface area contributed by atoms with E-state index < -0.39 is 0 Å². The molecule has 0 aromatic heterocycles. The van der Waals surface area contributed by atoms with Gasteiger partial charge in [-0.05, 0) is 26.7 Å². The number of unbranched alkanes of at least 4 members (excludes halogenated alkanes) is 18. The van der Waals surface area contributed by atoms with Crippen molar-refractivity contribution in [3.05, 3.63) is 0 Å². The molecule has 0 spiro atoms. The zero-order valence-corrected chi connectivity index (χ0v) is 22.8. The Morgan fingerprint density at radius 2 is 0.677 bits per heavy atom. The minimum absolute atomic E-state index is 0.237. The molecule has 0 aromatic rings. The van der Waals surface area contributed by atoms with Crippen molar-refractivity contribution in [2.75, 3.05) is 13.2 Å². The minimum Gasteiger partial charge on any atom is -0.368 e. The number of hydrogen-bond donors (Lipinski definition) is 0. The van der Waals surface area contributed by atoms with Crippen LogP contribution < -0.4 is 0 Å². The van der Waals surface area contributed by atoms with Crippen molar-refractivity contribution >= 4 is 11.8 Å². The van der Waals surface area contributed by atoms with Crippen LogP contribution in [-0.4, -0.2) is 24.1 Å². The van der Waals surface area contributed by atoms with E-state index in [4.69, 9.17) is 9.47 Å². The largest absolute Gasteiger partial charge is 0.368 e. The van der Waals surface area contributed by atoms with Gasteiger partial charge in [0.15, 0.2) is 0 Å². The van der Waals surface area contributed by atoms with Crippen molar-refractivity contribution in [2.24, 2.45) is 0 Å². The van der Waals surface area contributed by atoms with E-state index in [9.17, 15) is 0 Å². The lowest BCUT2D eigenvalue weighted by Gasteiger charge is -2.18. The van der Waals surface area contributed by atoms with Crippen molar-refractivity contribution in [2.45, 2.75) is 167 Å². The molecule has 0 bridgehead atoms. The van der Waals surface area contributed by atoms with Crippen LogP contribution in [0.2, 0.25) is 0 Å². The van der Waals surface area contributed by atoms with Crippen molar-refractivity contribution < 1.29 is 9.47 Å². The predicted octanol–water partition coefficient (Wildman–Crippen LogP) is 10.3. The van der Waals surface area contributed by atoms with Crippen LogP contribution in [0.4, 0.5) is 0 Å². The molecule has 188 valence electrons. The standard InChI is InChI=1S/C28H58O2S/c1-5-7-9-11-13-15-17-19-21-23-25-29-27(3)31-28(4)30-26-24-22-20-18-16-14-12-10-8-6-2/h27-28H,5-26H2,1-4H3. The Bertz CT molecular complexity index is 294. The topological polar surface area (TPSA) is 18.5 Å². The zero-order valence-electron chi connectivity index (χ0n) is 21.9. The fraction of sp³-hybridized carbons (Fsp3) is 1.00. The molecule has 0 fully saturated rings.